The summed E-state index contributed by atoms with van der Waals surface area (Å²) in [5.41, 5.74) is 1.72. The van der Waals surface area contributed by atoms with Gasteiger partial charge in [0, 0.05) is 5.92 Å². The molecule has 0 heterocycles. The van der Waals surface area contributed by atoms with Crippen LogP contribution < -0.4 is 4.74 Å². The van der Waals surface area contributed by atoms with E-state index >= 15 is 0 Å². The average molecular weight is 425 g/mol. The van der Waals surface area contributed by atoms with Crippen LogP contribution >= 0.6 is 0 Å². The van der Waals surface area contributed by atoms with Crippen molar-refractivity contribution in [3.8, 4) is 5.75 Å². The second-order valence-electron chi connectivity index (χ2n) is 12.2. The summed E-state index contributed by atoms with van der Waals surface area (Å²) in [6.45, 7) is 9.34. The highest BCUT2D eigenvalue weighted by molar-refractivity contribution is 5.30. The van der Waals surface area contributed by atoms with Crippen molar-refractivity contribution in [2.45, 2.75) is 110 Å². The Hall–Kier alpha value is -1.02. The van der Waals surface area contributed by atoms with E-state index in [0.717, 1.165) is 29.4 Å². The Morgan fingerprint density at radius 1 is 0.871 bits per heavy atom. The predicted molar refractivity (Wildman–Crippen MR) is 127 cm³/mol. The van der Waals surface area contributed by atoms with Crippen molar-refractivity contribution in [2.24, 2.45) is 35.0 Å². The molecule has 0 N–H and O–H groups in total. The Morgan fingerprint density at radius 3 is 2.26 bits per heavy atom. The highest BCUT2D eigenvalue weighted by atomic mass is 16.7. The van der Waals surface area contributed by atoms with Gasteiger partial charge in [0.15, 0.2) is 0 Å². The van der Waals surface area contributed by atoms with E-state index in [4.69, 9.17) is 9.47 Å². The smallest absolute Gasteiger partial charge is 0.202 e. The van der Waals surface area contributed by atoms with Crippen LogP contribution in [0.2, 0.25) is 0 Å². The van der Waals surface area contributed by atoms with Gasteiger partial charge in [-0.1, -0.05) is 65.5 Å². The fraction of sp³-hybridized carbons (Fsp3) is 0.793. The molecule has 4 saturated carbocycles. The van der Waals surface area contributed by atoms with Gasteiger partial charge in [-0.25, -0.2) is 0 Å². The van der Waals surface area contributed by atoms with Crippen LogP contribution in [0.5, 0.6) is 5.75 Å². The zero-order chi connectivity index (χ0) is 21.6. The molecule has 172 valence electrons. The van der Waals surface area contributed by atoms with E-state index in [1.165, 1.54) is 69.8 Å². The molecule has 0 aliphatic heterocycles. The second kappa shape index (κ2) is 8.73. The van der Waals surface area contributed by atoms with Crippen LogP contribution in [0.15, 0.2) is 24.3 Å². The fourth-order valence-corrected chi connectivity index (χ4v) is 7.82. The molecule has 31 heavy (non-hydrogen) atoms. The Morgan fingerprint density at radius 2 is 1.58 bits per heavy atom. The maximum atomic E-state index is 6.80. The first-order chi connectivity index (χ1) is 15.0. The van der Waals surface area contributed by atoms with Crippen LogP contribution in [0.25, 0.3) is 0 Å². The first-order valence-electron chi connectivity index (χ1n) is 13.4. The van der Waals surface area contributed by atoms with Gasteiger partial charge in [-0.05, 0) is 91.2 Å². The van der Waals surface area contributed by atoms with Gasteiger partial charge in [0.05, 0.1) is 6.10 Å². The standard InChI is InChI=1S/C29H44O2/c1-5-25(29(2,3)4)19-14-16-21(17-15-19)30-28(20-10-7-6-8-11-20)31-26-18-24-22-12-9-13-23(22)27(24)26/h14-17,20,22-28H,5-13,18H2,1-4H3. The number of hydrogen-bond acceptors (Lipinski definition) is 2. The normalized spacial score (nSPS) is 34.8. The number of rotatable bonds is 7. The highest BCUT2D eigenvalue weighted by Crippen LogP contribution is 2.65. The Balaban J connectivity index is 1.26. The minimum atomic E-state index is -0.0536. The zero-order valence-corrected chi connectivity index (χ0v) is 20.3. The molecule has 1 aromatic carbocycles. The molecule has 0 radical (unpaired) electrons. The van der Waals surface area contributed by atoms with Crippen molar-refractivity contribution in [3.05, 3.63) is 29.8 Å². The highest BCUT2D eigenvalue weighted by Gasteiger charge is 2.62. The van der Waals surface area contributed by atoms with Crippen molar-refractivity contribution >= 4 is 0 Å². The molecular weight excluding hydrogens is 380 g/mol. The lowest BCUT2D eigenvalue weighted by Gasteiger charge is -2.62. The molecule has 0 saturated heterocycles. The third-order valence-electron chi connectivity index (χ3n) is 9.43. The van der Waals surface area contributed by atoms with E-state index in [9.17, 15) is 0 Å². The lowest BCUT2D eigenvalue weighted by atomic mass is 9.46. The first kappa shape index (κ1) is 21.8. The Labute approximate surface area is 190 Å². The van der Waals surface area contributed by atoms with Crippen molar-refractivity contribution in [3.63, 3.8) is 0 Å². The van der Waals surface area contributed by atoms with E-state index in [-0.39, 0.29) is 11.7 Å². The zero-order valence-electron chi connectivity index (χ0n) is 20.3. The molecule has 0 bridgehead atoms. The molecular formula is C29H44O2. The molecule has 7 atom stereocenters. The molecule has 4 aliphatic rings. The van der Waals surface area contributed by atoms with Crippen LogP contribution in [0, 0.1) is 35.0 Å². The van der Waals surface area contributed by atoms with E-state index in [0.29, 0.717) is 17.9 Å². The SMILES string of the molecule is CCC(c1ccc(OC(OC2CC3C4CCCC4C23)C2CCCCC2)cc1)C(C)(C)C. The summed E-state index contributed by atoms with van der Waals surface area (Å²) in [6.07, 6.45) is 13.8. The molecule has 0 amide bonds. The minimum Gasteiger partial charge on any atom is -0.465 e. The maximum Gasteiger partial charge on any atom is 0.202 e. The summed E-state index contributed by atoms with van der Waals surface area (Å²) in [7, 11) is 0. The van der Waals surface area contributed by atoms with Crippen molar-refractivity contribution in [1.82, 2.24) is 0 Å². The third kappa shape index (κ3) is 4.19. The van der Waals surface area contributed by atoms with Crippen molar-refractivity contribution in [1.29, 1.82) is 0 Å². The monoisotopic (exact) mass is 424 g/mol. The molecule has 0 spiro atoms. The average Bonchev–Trinajstić information content (AvgIpc) is 3.14. The summed E-state index contributed by atoms with van der Waals surface area (Å²) in [4.78, 5) is 0. The van der Waals surface area contributed by atoms with Crippen LogP contribution in [-0.2, 0) is 4.74 Å². The largest absolute Gasteiger partial charge is 0.465 e. The van der Waals surface area contributed by atoms with E-state index in [1.807, 2.05) is 0 Å². The second-order valence-corrected chi connectivity index (χ2v) is 12.2. The Bertz CT molecular complexity index is 726. The number of benzene rings is 1. The minimum absolute atomic E-state index is 0.0536. The summed E-state index contributed by atoms with van der Waals surface area (Å²) in [6, 6.07) is 8.98. The van der Waals surface area contributed by atoms with Crippen LogP contribution in [0.1, 0.15) is 103 Å². The van der Waals surface area contributed by atoms with Crippen LogP contribution in [0.4, 0.5) is 0 Å². The van der Waals surface area contributed by atoms with Gasteiger partial charge in [-0.15, -0.1) is 0 Å². The molecule has 1 aromatic rings. The van der Waals surface area contributed by atoms with Gasteiger partial charge in [0.2, 0.25) is 6.29 Å². The summed E-state index contributed by atoms with van der Waals surface area (Å²) in [5, 5.41) is 0. The lowest BCUT2D eigenvalue weighted by Crippen LogP contribution is -2.61. The van der Waals surface area contributed by atoms with Crippen LogP contribution in [0.3, 0.4) is 0 Å². The number of ether oxygens (including phenoxy) is 2. The van der Waals surface area contributed by atoms with Gasteiger partial charge in [-0.3, -0.25) is 0 Å². The van der Waals surface area contributed by atoms with E-state index in [1.54, 1.807) is 0 Å². The van der Waals surface area contributed by atoms with Gasteiger partial charge >= 0.3 is 0 Å². The molecule has 7 unspecified atom stereocenters. The lowest BCUT2D eigenvalue weighted by molar-refractivity contribution is -0.259. The summed E-state index contributed by atoms with van der Waals surface area (Å²) >= 11 is 0. The quantitative estimate of drug-likeness (QED) is 0.413. The van der Waals surface area contributed by atoms with Crippen molar-refractivity contribution in [2.75, 3.05) is 0 Å². The van der Waals surface area contributed by atoms with E-state index < -0.39 is 0 Å². The molecule has 2 nitrogen and oxygen atoms in total. The van der Waals surface area contributed by atoms with Gasteiger partial charge < -0.3 is 9.47 Å². The Kier molecular flexibility index (Phi) is 6.14. The summed E-state index contributed by atoms with van der Waals surface area (Å²) < 4.78 is 13.4. The van der Waals surface area contributed by atoms with E-state index in [2.05, 4.69) is 52.0 Å². The summed E-state index contributed by atoms with van der Waals surface area (Å²) in [5.74, 6) is 5.97. The fourth-order valence-electron chi connectivity index (χ4n) is 7.82. The van der Waals surface area contributed by atoms with Crippen molar-refractivity contribution < 1.29 is 9.47 Å². The molecule has 5 rings (SSSR count). The topological polar surface area (TPSA) is 18.5 Å². The molecule has 4 aliphatic carbocycles. The number of hydrogen-bond donors (Lipinski definition) is 0. The van der Waals surface area contributed by atoms with Gasteiger partial charge in [0.1, 0.15) is 5.75 Å². The van der Waals surface area contributed by atoms with Crippen LogP contribution in [-0.4, -0.2) is 12.4 Å². The molecule has 4 fully saturated rings. The molecule has 0 aromatic heterocycles. The first-order valence-corrected chi connectivity index (χ1v) is 13.4. The third-order valence-corrected chi connectivity index (χ3v) is 9.43. The van der Waals surface area contributed by atoms with Gasteiger partial charge in [0.25, 0.3) is 0 Å². The number of fused-ring (bicyclic) bond motifs is 4. The predicted octanol–water partition coefficient (Wildman–Crippen LogP) is 7.96. The molecule has 2 heteroatoms. The van der Waals surface area contributed by atoms with Gasteiger partial charge in [-0.2, -0.15) is 0 Å². The maximum absolute atomic E-state index is 6.80.